The normalized spacial score (nSPS) is 16.4. The predicted molar refractivity (Wildman–Crippen MR) is 160 cm³/mol. The Balaban J connectivity index is 1.25. The predicted octanol–water partition coefficient (Wildman–Crippen LogP) is 4.99. The average molecular weight is 559 g/mol. The largest absolute Gasteiger partial charge is 0.379 e. The number of benzene rings is 3. The van der Waals surface area contributed by atoms with Crippen molar-refractivity contribution in [2.24, 2.45) is 5.92 Å². The fourth-order valence-corrected chi connectivity index (χ4v) is 5.63. The highest BCUT2D eigenvalue weighted by molar-refractivity contribution is 6.06. The molecule has 2 fully saturated rings. The highest BCUT2D eigenvalue weighted by Gasteiger charge is 2.24. The van der Waals surface area contributed by atoms with E-state index in [1.165, 1.54) is 29.8 Å². The highest BCUT2D eigenvalue weighted by Crippen LogP contribution is 2.30. The first-order chi connectivity index (χ1) is 20.0. The number of nitrogens with zero attached hydrogens (tertiary/aromatic N) is 2. The lowest BCUT2D eigenvalue weighted by Gasteiger charge is -2.35. The molecule has 2 saturated heterocycles. The third-order valence-corrected chi connectivity index (χ3v) is 7.97. The van der Waals surface area contributed by atoms with Crippen LogP contribution in [-0.4, -0.2) is 69.2 Å². The summed E-state index contributed by atoms with van der Waals surface area (Å²) in [6, 6.07) is 21.5. The molecule has 0 unspecified atom stereocenters. The van der Waals surface area contributed by atoms with Crippen LogP contribution >= 0.6 is 0 Å². The van der Waals surface area contributed by atoms with E-state index in [1.54, 1.807) is 6.07 Å². The summed E-state index contributed by atoms with van der Waals surface area (Å²) in [6.07, 6.45) is 4.03. The zero-order chi connectivity index (χ0) is 28.4. The van der Waals surface area contributed by atoms with Crippen LogP contribution in [0.2, 0.25) is 0 Å². The van der Waals surface area contributed by atoms with E-state index >= 15 is 0 Å². The molecule has 0 saturated carbocycles. The average Bonchev–Trinajstić information content (AvgIpc) is 3.01. The SMILES string of the molecule is O=C(Nc1ccc(N2CCC(Cc3ccccc3)CC2)c(C(=O)NCCCN2CCOCC2)c1)c1ccc(F)cc1. The molecule has 8 heteroatoms. The minimum atomic E-state index is -0.397. The maximum atomic E-state index is 13.5. The van der Waals surface area contributed by atoms with Crippen molar-refractivity contribution < 1.29 is 18.7 Å². The van der Waals surface area contributed by atoms with Gasteiger partial charge < -0.3 is 20.3 Å². The van der Waals surface area contributed by atoms with E-state index in [0.29, 0.717) is 29.3 Å². The molecule has 0 radical (unpaired) electrons. The maximum absolute atomic E-state index is 13.5. The number of ether oxygens (including phenoxy) is 1. The summed E-state index contributed by atoms with van der Waals surface area (Å²) >= 11 is 0. The molecule has 2 heterocycles. The molecule has 0 spiro atoms. The van der Waals surface area contributed by atoms with Gasteiger partial charge in [0.2, 0.25) is 0 Å². The number of carbonyl (C=O) groups excluding carboxylic acids is 2. The topological polar surface area (TPSA) is 73.9 Å². The second-order valence-electron chi connectivity index (χ2n) is 10.9. The van der Waals surface area contributed by atoms with Gasteiger partial charge in [-0.25, -0.2) is 4.39 Å². The number of piperidine rings is 1. The third-order valence-electron chi connectivity index (χ3n) is 7.97. The van der Waals surface area contributed by atoms with Crippen LogP contribution in [0, 0.1) is 11.7 Å². The van der Waals surface area contributed by atoms with E-state index in [1.807, 2.05) is 18.2 Å². The van der Waals surface area contributed by atoms with Gasteiger partial charge in [-0.3, -0.25) is 14.5 Å². The standard InChI is InChI=1S/C33H39FN4O3/c34-28-9-7-27(8-10-28)32(39)36-29-11-12-31(38-17-13-26(14-18-38)23-25-5-2-1-3-6-25)30(24-29)33(40)35-15-4-16-37-19-21-41-22-20-37/h1-3,5-12,24,26H,4,13-23H2,(H,35,40)(H,36,39). The molecule has 2 aliphatic heterocycles. The highest BCUT2D eigenvalue weighted by atomic mass is 19.1. The molecule has 7 nitrogen and oxygen atoms in total. The minimum Gasteiger partial charge on any atom is -0.379 e. The van der Waals surface area contributed by atoms with Crippen LogP contribution in [0.4, 0.5) is 15.8 Å². The molecule has 0 aliphatic carbocycles. The van der Waals surface area contributed by atoms with Gasteiger partial charge in [0.1, 0.15) is 5.82 Å². The quantitative estimate of drug-likeness (QED) is 0.343. The number of carbonyl (C=O) groups is 2. The molecule has 2 aliphatic rings. The Labute approximate surface area is 241 Å². The van der Waals surface area contributed by atoms with Gasteiger partial charge in [0, 0.05) is 49.7 Å². The molecule has 3 aromatic carbocycles. The van der Waals surface area contributed by atoms with Crippen LogP contribution in [0.1, 0.15) is 45.5 Å². The number of morpholine rings is 1. The monoisotopic (exact) mass is 558 g/mol. The summed E-state index contributed by atoms with van der Waals surface area (Å²) in [5.74, 6) is -0.283. The van der Waals surface area contributed by atoms with Gasteiger partial charge in [-0.2, -0.15) is 0 Å². The molecular formula is C33H39FN4O3. The lowest BCUT2D eigenvalue weighted by molar-refractivity contribution is 0.0374. The van der Waals surface area contributed by atoms with E-state index in [0.717, 1.165) is 77.3 Å². The molecule has 2 amide bonds. The number of hydrogen-bond donors (Lipinski definition) is 2. The van der Waals surface area contributed by atoms with Crippen LogP contribution in [0.15, 0.2) is 72.8 Å². The Hall–Kier alpha value is -3.75. The van der Waals surface area contributed by atoms with E-state index in [9.17, 15) is 14.0 Å². The molecule has 0 aromatic heterocycles. The zero-order valence-electron chi connectivity index (χ0n) is 23.5. The van der Waals surface area contributed by atoms with Crippen LogP contribution in [-0.2, 0) is 11.2 Å². The molecule has 216 valence electrons. The first-order valence-corrected chi connectivity index (χ1v) is 14.6. The van der Waals surface area contributed by atoms with Gasteiger partial charge in [-0.1, -0.05) is 30.3 Å². The second-order valence-corrected chi connectivity index (χ2v) is 10.9. The van der Waals surface area contributed by atoms with Crippen molar-refractivity contribution in [3.05, 3.63) is 95.3 Å². The van der Waals surface area contributed by atoms with Gasteiger partial charge in [0.25, 0.3) is 11.8 Å². The summed E-state index contributed by atoms with van der Waals surface area (Å²) in [5, 5.41) is 5.97. The Morgan fingerprint density at radius 3 is 2.34 bits per heavy atom. The molecule has 2 N–H and O–H groups in total. The number of hydrogen-bond acceptors (Lipinski definition) is 5. The number of nitrogens with one attached hydrogen (secondary N) is 2. The Morgan fingerprint density at radius 2 is 1.61 bits per heavy atom. The fourth-order valence-electron chi connectivity index (χ4n) is 5.63. The minimum absolute atomic E-state index is 0.147. The van der Waals surface area contributed by atoms with E-state index in [2.05, 4.69) is 44.7 Å². The van der Waals surface area contributed by atoms with Gasteiger partial charge in [0.05, 0.1) is 18.8 Å². The molecular weight excluding hydrogens is 519 g/mol. The van der Waals surface area contributed by atoms with E-state index in [4.69, 9.17) is 4.74 Å². The van der Waals surface area contributed by atoms with Crippen LogP contribution < -0.4 is 15.5 Å². The van der Waals surface area contributed by atoms with Gasteiger partial charge >= 0.3 is 0 Å². The fraction of sp³-hybridized carbons (Fsp3) is 0.394. The number of halogens is 1. The molecule has 0 atom stereocenters. The smallest absolute Gasteiger partial charge is 0.255 e. The molecule has 3 aromatic rings. The van der Waals surface area contributed by atoms with Crippen molar-refractivity contribution in [3.8, 4) is 0 Å². The number of rotatable bonds is 10. The van der Waals surface area contributed by atoms with Crippen molar-refractivity contribution in [1.29, 1.82) is 0 Å². The van der Waals surface area contributed by atoms with Gasteiger partial charge in [-0.05, 0) is 86.2 Å². The summed E-state index contributed by atoms with van der Waals surface area (Å²) in [6.45, 7) is 6.59. The van der Waals surface area contributed by atoms with Crippen molar-refractivity contribution in [3.63, 3.8) is 0 Å². The number of amides is 2. The Kier molecular flexibility index (Phi) is 9.99. The van der Waals surface area contributed by atoms with E-state index < -0.39 is 5.82 Å². The van der Waals surface area contributed by atoms with Crippen molar-refractivity contribution in [1.82, 2.24) is 10.2 Å². The lowest BCUT2D eigenvalue weighted by Crippen LogP contribution is -2.38. The maximum Gasteiger partial charge on any atom is 0.255 e. The van der Waals surface area contributed by atoms with Crippen LogP contribution in [0.25, 0.3) is 0 Å². The van der Waals surface area contributed by atoms with Gasteiger partial charge in [0.15, 0.2) is 0 Å². The summed E-state index contributed by atoms with van der Waals surface area (Å²) in [5.41, 5.74) is 3.68. The molecule has 5 rings (SSSR count). The van der Waals surface area contributed by atoms with Crippen molar-refractivity contribution in [2.45, 2.75) is 25.7 Å². The summed E-state index contributed by atoms with van der Waals surface area (Å²) in [4.78, 5) is 30.9. The first kappa shape index (κ1) is 28.8. The van der Waals surface area contributed by atoms with Crippen LogP contribution in [0.3, 0.4) is 0 Å². The lowest BCUT2D eigenvalue weighted by atomic mass is 9.89. The Bertz CT molecular complexity index is 1290. The zero-order valence-corrected chi connectivity index (χ0v) is 23.5. The second kappa shape index (κ2) is 14.2. The Morgan fingerprint density at radius 1 is 0.878 bits per heavy atom. The molecule has 0 bridgehead atoms. The van der Waals surface area contributed by atoms with Crippen LogP contribution in [0.5, 0.6) is 0 Å². The van der Waals surface area contributed by atoms with Gasteiger partial charge in [-0.15, -0.1) is 0 Å². The first-order valence-electron chi connectivity index (χ1n) is 14.6. The molecule has 41 heavy (non-hydrogen) atoms. The van der Waals surface area contributed by atoms with Crippen molar-refractivity contribution >= 4 is 23.2 Å². The third kappa shape index (κ3) is 8.15. The summed E-state index contributed by atoms with van der Waals surface area (Å²) in [7, 11) is 0. The summed E-state index contributed by atoms with van der Waals surface area (Å²) < 4.78 is 18.7. The van der Waals surface area contributed by atoms with Crippen molar-refractivity contribution in [2.75, 3.05) is 62.7 Å². The number of anilines is 2. The van der Waals surface area contributed by atoms with E-state index in [-0.39, 0.29) is 11.8 Å².